The maximum absolute atomic E-state index is 12.4. The van der Waals surface area contributed by atoms with Crippen molar-refractivity contribution >= 4 is 15.7 Å². The zero-order valence-electron chi connectivity index (χ0n) is 12.3. The fourth-order valence-corrected chi connectivity index (χ4v) is 3.40. The van der Waals surface area contributed by atoms with Crippen molar-refractivity contribution in [3.63, 3.8) is 0 Å². The minimum Gasteiger partial charge on any atom is -0.349 e. The van der Waals surface area contributed by atoms with Crippen molar-refractivity contribution in [2.45, 2.75) is 49.3 Å². The van der Waals surface area contributed by atoms with Crippen molar-refractivity contribution in [3.8, 4) is 0 Å². The van der Waals surface area contributed by atoms with Gasteiger partial charge >= 0.3 is 5.76 Å². The maximum Gasteiger partial charge on any atom is 0.341 e. The minimum atomic E-state index is -4.62. The molecule has 1 aliphatic rings. The van der Waals surface area contributed by atoms with Crippen LogP contribution in [0.2, 0.25) is 0 Å². The van der Waals surface area contributed by atoms with Crippen LogP contribution in [-0.2, 0) is 9.84 Å². The van der Waals surface area contributed by atoms with Crippen molar-refractivity contribution in [2.24, 2.45) is 5.92 Å². The van der Waals surface area contributed by atoms with Gasteiger partial charge in [-0.3, -0.25) is 4.79 Å². The number of hydrogen-bond acceptors (Lipinski definition) is 3. The predicted molar refractivity (Wildman–Crippen MR) is 78.5 cm³/mol. The molecule has 7 heteroatoms. The van der Waals surface area contributed by atoms with Crippen LogP contribution in [0.5, 0.6) is 0 Å². The zero-order chi connectivity index (χ0) is 16.3. The van der Waals surface area contributed by atoms with E-state index in [4.69, 9.17) is 0 Å². The lowest BCUT2D eigenvalue weighted by Crippen LogP contribution is -2.41. The summed E-state index contributed by atoms with van der Waals surface area (Å²) in [6.45, 7) is 2.09. The summed E-state index contributed by atoms with van der Waals surface area (Å²) in [5.41, 5.74) is 0.269. The van der Waals surface area contributed by atoms with E-state index in [0.717, 1.165) is 37.8 Å². The van der Waals surface area contributed by atoms with Gasteiger partial charge in [0.05, 0.1) is 4.90 Å². The lowest BCUT2D eigenvalue weighted by atomic mass is 9.86. The quantitative estimate of drug-likeness (QED) is 0.922. The molecule has 1 fully saturated rings. The molecule has 1 saturated carbocycles. The molecule has 0 aliphatic heterocycles. The third-order valence-corrected chi connectivity index (χ3v) is 5.51. The van der Waals surface area contributed by atoms with Gasteiger partial charge in [0.1, 0.15) is 0 Å². The number of carbonyl (C=O) groups is 1. The second-order valence-electron chi connectivity index (χ2n) is 5.67. The van der Waals surface area contributed by atoms with Crippen molar-refractivity contribution in [2.75, 3.05) is 0 Å². The van der Waals surface area contributed by atoms with E-state index < -0.39 is 20.5 Å². The molecule has 0 radical (unpaired) electrons. The third kappa shape index (κ3) is 3.63. The highest BCUT2D eigenvalue weighted by Gasteiger charge is 2.27. The highest BCUT2D eigenvalue weighted by atomic mass is 32.2. The number of sulfone groups is 1. The largest absolute Gasteiger partial charge is 0.349 e. The number of amides is 1. The molecule has 1 aromatic rings. The Hall–Kier alpha value is -1.50. The van der Waals surface area contributed by atoms with Crippen molar-refractivity contribution < 1.29 is 22.0 Å². The van der Waals surface area contributed by atoms with Gasteiger partial charge in [-0.25, -0.2) is 8.42 Å². The van der Waals surface area contributed by atoms with Crippen LogP contribution in [-0.4, -0.2) is 26.1 Å². The first-order chi connectivity index (χ1) is 10.3. The molecule has 1 aliphatic carbocycles. The summed E-state index contributed by atoms with van der Waals surface area (Å²) in [6.07, 6.45) is 4.22. The highest BCUT2D eigenvalue weighted by Crippen LogP contribution is 2.24. The number of nitrogens with one attached hydrogen (secondary N) is 1. The van der Waals surface area contributed by atoms with Gasteiger partial charge in [-0.1, -0.05) is 19.8 Å². The van der Waals surface area contributed by atoms with Crippen LogP contribution >= 0.6 is 0 Å². The molecule has 0 bridgehead atoms. The second-order valence-corrected chi connectivity index (χ2v) is 7.59. The van der Waals surface area contributed by atoms with Gasteiger partial charge in [-0.2, -0.15) is 8.78 Å². The van der Waals surface area contributed by atoms with Crippen LogP contribution in [0.1, 0.15) is 43.0 Å². The molecule has 2 rings (SSSR count). The highest BCUT2D eigenvalue weighted by molar-refractivity contribution is 7.91. The van der Waals surface area contributed by atoms with E-state index in [1.807, 2.05) is 0 Å². The minimum absolute atomic E-state index is 0.103. The average molecular weight is 331 g/mol. The molecule has 4 nitrogen and oxygen atoms in total. The van der Waals surface area contributed by atoms with Crippen LogP contribution < -0.4 is 5.32 Å². The molecule has 1 aromatic carbocycles. The third-order valence-electron chi connectivity index (χ3n) is 4.11. The summed E-state index contributed by atoms with van der Waals surface area (Å²) < 4.78 is 47.5. The maximum atomic E-state index is 12.4. The topological polar surface area (TPSA) is 63.2 Å². The molecule has 122 valence electrons. The van der Waals surface area contributed by atoms with Gasteiger partial charge in [0, 0.05) is 11.6 Å². The molecule has 1 N–H and O–H groups in total. The molecule has 0 saturated heterocycles. The number of carbonyl (C=O) groups excluding carboxylic acids is 1. The van der Waals surface area contributed by atoms with E-state index in [-0.39, 0.29) is 17.5 Å². The van der Waals surface area contributed by atoms with Gasteiger partial charge in [0.25, 0.3) is 5.91 Å². The Labute approximate surface area is 128 Å². The normalized spacial score (nSPS) is 22.5. The molecule has 1 amide bonds. The Morgan fingerprint density at radius 1 is 1.18 bits per heavy atom. The molecule has 2 unspecified atom stereocenters. The Morgan fingerprint density at radius 2 is 1.77 bits per heavy atom. The van der Waals surface area contributed by atoms with Crippen LogP contribution in [0.3, 0.4) is 0 Å². The first-order valence-corrected chi connectivity index (χ1v) is 8.80. The fourth-order valence-electron chi connectivity index (χ4n) is 2.68. The molecular formula is C15H19F2NO3S. The Bertz CT molecular complexity index is 629. The van der Waals surface area contributed by atoms with E-state index in [9.17, 15) is 22.0 Å². The summed E-state index contributed by atoms with van der Waals surface area (Å²) in [4.78, 5) is 11.7. The number of rotatable bonds is 4. The number of hydrogen-bond donors (Lipinski definition) is 1. The van der Waals surface area contributed by atoms with E-state index in [2.05, 4.69) is 12.2 Å². The van der Waals surface area contributed by atoms with Crippen molar-refractivity contribution in [1.82, 2.24) is 5.32 Å². The van der Waals surface area contributed by atoms with Crippen LogP contribution in [0, 0.1) is 5.92 Å². The van der Waals surface area contributed by atoms with E-state index in [0.29, 0.717) is 5.92 Å². The lowest BCUT2D eigenvalue weighted by Gasteiger charge is -2.29. The van der Waals surface area contributed by atoms with E-state index in [1.165, 1.54) is 12.1 Å². The summed E-state index contributed by atoms with van der Waals surface area (Å²) in [7, 11) is -4.62. The number of alkyl halides is 2. The van der Waals surface area contributed by atoms with Crippen LogP contribution in [0.25, 0.3) is 0 Å². The lowest BCUT2D eigenvalue weighted by molar-refractivity contribution is 0.0910. The van der Waals surface area contributed by atoms with Gasteiger partial charge in [-0.05, 0) is 43.0 Å². The summed E-state index contributed by atoms with van der Waals surface area (Å²) in [5, 5.41) is 2.93. The van der Waals surface area contributed by atoms with E-state index >= 15 is 0 Å². The van der Waals surface area contributed by atoms with Gasteiger partial charge in [0.15, 0.2) is 0 Å². The molecular weight excluding hydrogens is 312 g/mol. The van der Waals surface area contributed by atoms with Crippen LogP contribution in [0.15, 0.2) is 29.2 Å². The first-order valence-electron chi connectivity index (χ1n) is 7.25. The second kappa shape index (κ2) is 6.73. The molecule has 2 atom stereocenters. The van der Waals surface area contributed by atoms with Crippen molar-refractivity contribution in [1.29, 1.82) is 0 Å². The van der Waals surface area contributed by atoms with Crippen molar-refractivity contribution in [3.05, 3.63) is 29.8 Å². The summed E-state index contributed by atoms with van der Waals surface area (Å²) in [6, 6.07) is 4.71. The predicted octanol–water partition coefficient (Wildman–Crippen LogP) is 2.99. The van der Waals surface area contributed by atoms with Gasteiger partial charge in [0.2, 0.25) is 9.84 Å². The van der Waals surface area contributed by atoms with Gasteiger partial charge in [-0.15, -0.1) is 0 Å². The molecule has 0 heterocycles. The molecule has 22 heavy (non-hydrogen) atoms. The Balaban J connectivity index is 2.08. The van der Waals surface area contributed by atoms with Crippen LogP contribution in [0.4, 0.5) is 8.78 Å². The SMILES string of the molecule is CC1CCCCC1NC(=O)c1ccc(S(=O)(=O)C(F)F)cc1. The Morgan fingerprint density at radius 3 is 2.32 bits per heavy atom. The Kier molecular flexibility index (Phi) is 5.16. The zero-order valence-corrected chi connectivity index (χ0v) is 13.1. The average Bonchev–Trinajstić information content (AvgIpc) is 2.49. The number of halogens is 2. The summed E-state index contributed by atoms with van der Waals surface area (Å²) >= 11 is 0. The fraction of sp³-hybridized carbons (Fsp3) is 0.533. The monoisotopic (exact) mass is 331 g/mol. The smallest absolute Gasteiger partial charge is 0.341 e. The molecule has 0 aromatic heterocycles. The molecule has 0 spiro atoms. The number of benzene rings is 1. The standard InChI is InChI=1S/C15H19F2NO3S/c1-10-4-2-3-5-13(10)18-14(19)11-6-8-12(9-7-11)22(20,21)15(16)17/h6-10,13,15H,2-5H2,1H3,(H,18,19). The van der Waals surface area contributed by atoms with E-state index in [1.54, 1.807) is 0 Å². The summed E-state index contributed by atoms with van der Waals surface area (Å²) in [5.74, 6) is -3.37. The van der Waals surface area contributed by atoms with Gasteiger partial charge < -0.3 is 5.32 Å². The first kappa shape index (κ1) is 16.9.